The molecule has 1 fully saturated rings. The van der Waals surface area contributed by atoms with Crippen LogP contribution in [0.3, 0.4) is 0 Å². The highest BCUT2D eigenvalue weighted by molar-refractivity contribution is 7.89. The van der Waals surface area contributed by atoms with Crippen LogP contribution in [-0.4, -0.2) is 38.8 Å². The van der Waals surface area contributed by atoms with Gasteiger partial charge in [0.15, 0.2) is 0 Å². The number of fused-ring (bicyclic) bond motifs is 1. The monoisotopic (exact) mass is 446 g/mol. The molecule has 1 atom stereocenters. The number of rotatable bonds is 5. The van der Waals surface area contributed by atoms with Gasteiger partial charge in [0.1, 0.15) is 11.6 Å². The molecule has 6 nitrogen and oxygen atoms in total. The average molecular weight is 447 g/mol. The van der Waals surface area contributed by atoms with Gasteiger partial charge in [-0.05, 0) is 79.6 Å². The summed E-state index contributed by atoms with van der Waals surface area (Å²) < 4.78 is 45.4. The molecule has 0 saturated carbocycles. The Hall–Kier alpha value is -2.45. The summed E-state index contributed by atoms with van der Waals surface area (Å²) in [5, 5.41) is 3.18. The predicted octanol–water partition coefficient (Wildman–Crippen LogP) is 3.43. The second kappa shape index (κ2) is 8.96. The van der Waals surface area contributed by atoms with E-state index in [0.717, 1.165) is 42.7 Å². The number of hydrogen-bond acceptors (Lipinski definition) is 4. The van der Waals surface area contributed by atoms with Crippen molar-refractivity contribution in [2.75, 3.05) is 20.2 Å². The molecule has 4 rings (SSSR count). The first kappa shape index (κ1) is 21.8. The molecule has 1 saturated heterocycles. The van der Waals surface area contributed by atoms with Crippen molar-refractivity contribution in [2.45, 2.75) is 43.0 Å². The van der Waals surface area contributed by atoms with Crippen molar-refractivity contribution < 1.29 is 22.3 Å². The van der Waals surface area contributed by atoms with E-state index in [2.05, 4.69) is 5.32 Å². The van der Waals surface area contributed by atoms with Gasteiger partial charge >= 0.3 is 0 Å². The molecular weight excluding hydrogens is 419 g/mol. The van der Waals surface area contributed by atoms with Crippen LogP contribution in [0.4, 0.5) is 4.39 Å². The van der Waals surface area contributed by atoms with Crippen LogP contribution in [0.1, 0.15) is 42.9 Å². The minimum Gasteiger partial charge on any atom is -0.497 e. The highest BCUT2D eigenvalue weighted by Gasteiger charge is 2.33. The number of piperidine rings is 1. The average Bonchev–Trinajstić information content (AvgIpc) is 2.79. The number of amides is 1. The van der Waals surface area contributed by atoms with Gasteiger partial charge in [-0.2, -0.15) is 4.31 Å². The van der Waals surface area contributed by atoms with Crippen molar-refractivity contribution in [3.63, 3.8) is 0 Å². The Morgan fingerprint density at radius 1 is 1.10 bits per heavy atom. The summed E-state index contributed by atoms with van der Waals surface area (Å²) in [5.74, 6) is 0.105. The zero-order valence-corrected chi connectivity index (χ0v) is 18.3. The summed E-state index contributed by atoms with van der Waals surface area (Å²) in [6.07, 6.45) is 3.80. The first-order valence-corrected chi connectivity index (χ1v) is 12.1. The molecule has 1 heterocycles. The van der Waals surface area contributed by atoms with E-state index in [1.165, 1.54) is 22.0 Å². The van der Waals surface area contributed by atoms with Gasteiger partial charge in [0, 0.05) is 19.0 Å². The fourth-order valence-corrected chi connectivity index (χ4v) is 5.94. The molecule has 0 radical (unpaired) electrons. The molecule has 0 unspecified atom stereocenters. The quantitative estimate of drug-likeness (QED) is 0.764. The van der Waals surface area contributed by atoms with Gasteiger partial charge in [0.05, 0.1) is 18.0 Å². The van der Waals surface area contributed by atoms with E-state index >= 15 is 0 Å². The van der Waals surface area contributed by atoms with Crippen molar-refractivity contribution in [3.8, 4) is 5.75 Å². The summed E-state index contributed by atoms with van der Waals surface area (Å²) >= 11 is 0. The van der Waals surface area contributed by atoms with Gasteiger partial charge in [-0.15, -0.1) is 0 Å². The third kappa shape index (κ3) is 4.60. The van der Waals surface area contributed by atoms with E-state index in [1.54, 1.807) is 7.11 Å². The Kier molecular flexibility index (Phi) is 6.29. The molecule has 0 bridgehead atoms. The number of carbonyl (C=O) groups is 1. The zero-order valence-electron chi connectivity index (χ0n) is 17.5. The lowest BCUT2D eigenvalue weighted by Crippen LogP contribution is -2.44. The first-order valence-electron chi connectivity index (χ1n) is 10.6. The highest BCUT2D eigenvalue weighted by atomic mass is 32.2. The number of methoxy groups -OCH3 is 1. The summed E-state index contributed by atoms with van der Waals surface area (Å²) in [4.78, 5) is 13.0. The molecule has 1 N–H and O–H groups in total. The van der Waals surface area contributed by atoms with E-state index in [9.17, 15) is 17.6 Å². The van der Waals surface area contributed by atoms with Crippen molar-refractivity contribution >= 4 is 15.9 Å². The maximum absolute atomic E-state index is 13.1. The molecule has 31 heavy (non-hydrogen) atoms. The number of hydrogen-bond donors (Lipinski definition) is 1. The van der Waals surface area contributed by atoms with E-state index in [-0.39, 0.29) is 35.9 Å². The number of ether oxygens (including phenoxy) is 1. The summed E-state index contributed by atoms with van der Waals surface area (Å²) in [7, 11) is -2.03. The van der Waals surface area contributed by atoms with Gasteiger partial charge in [-0.25, -0.2) is 12.8 Å². The van der Waals surface area contributed by atoms with E-state index in [0.29, 0.717) is 12.8 Å². The lowest BCUT2D eigenvalue weighted by Gasteiger charge is -2.32. The number of nitrogens with one attached hydrogen (secondary N) is 1. The molecule has 8 heteroatoms. The fourth-order valence-electron chi connectivity index (χ4n) is 4.47. The molecule has 1 aliphatic heterocycles. The second-order valence-corrected chi connectivity index (χ2v) is 10.1. The third-order valence-corrected chi connectivity index (χ3v) is 8.17. The molecule has 1 aliphatic carbocycles. The van der Waals surface area contributed by atoms with Crippen molar-refractivity contribution in [1.29, 1.82) is 0 Å². The maximum atomic E-state index is 13.1. The van der Waals surface area contributed by atoms with E-state index < -0.39 is 15.8 Å². The van der Waals surface area contributed by atoms with Crippen LogP contribution < -0.4 is 10.1 Å². The molecule has 0 spiro atoms. The molecule has 2 aromatic carbocycles. The van der Waals surface area contributed by atoms with Crippen molar-refractivity contribution in [2.24, 2.45) is 5.92 Å². The Morgan fingerprint density at radius 2 is 1.81 bits per heavy atom. The predicted molar refractivity (Wildman–Crippen MR) is 115 cm³/mol. The van der Waals surface area contributed by atoms with Gasteiger partial charge in [0.25, 0.3) is 0 Å². The Morgan fingerprint density at radius 3 is 2.48 bits per heavy atom. The largest absolute Gasteiger partial charge is 0.497 e. The SMILES string of the molecule is COc1ccc2c(c1)CCC[C@@H]2NC(=O)C1CCN(S(=O)(=O)c2ccc(F)cc2)CC1. The minimum absolute atomic E-state index is 0.0208. The number of aryl methyl sites for hydroxylation is 1. The van der Waals surface area contributed by atoms with Gasteiger partial charge in [0.2, 0.25) is 15.9 Å². The maximum Gasteiger partial charge on any atom is 0.243 e. The summed E-state index contributed by atoms with van der Waals surface area (Å²) in [5.41, 5.74) is 2.34. The number of sulfonamides is 1. The van der Waals surface area contributed by atoms with Crippen LogP contribution in [-0.2, 0) is 21.2 Å². The Bertz CT molecular complexity index is 1050. The van der Waals surface area contributed by atoms with E-state index in [4.69, 9.17) is 4.74 Å². The van der Waals surface area contributed by atoms with Crippen LogP contribution in [0.5, 0.6) is 5.75 Å². The molecule has 2 aromatic rings. The third-order valence-electron chi connectivity index (χ3n) is 6.26. The number of benzene rings is 2. The summed E-state index contributed by atoms with van der Waals surface area (Å²) in [6, 6.07) is 10.8. The van der Waals surface area contributed by atoms with Crippen LogP contribution >= 0.6 is 0 Å². The fraction of sp³-hybridized carbons (Fsp3) is 0.435. The molecule has 166 valence electrons. The number of nitrogens with zero attached hydrogens (tertiary/aromatic N) is 1. The summed E-state index contributed by atoms with van der Waals surface area (Å²) in [6.45, 7) is 0.548. The molecule has 2 aliphatic rings. The Labute approximate surface area is 182 Å². The molecular formula is C23H27FN2O4S. The normalized spacial score (nSPS) is 20.1. The van der Waals surface area contributed by atoms with Crippen LogP contribution in [0, 0.1) is 11.7 Å². The van der Waals surface area contributed by atoms with Crippen LogP contribution in [0.25, 0.3) is 0 Å². The lowest BCUT2D eigenvalue weighted by molar-refractivity contribution is -0.127. The highest BCUT2D eigenvalue weighted by Crippen LogP contribution is 2.33. The number of carbonyl (C=O) groups excluding carboxylic acids is 1. The topological polar surface area (TPSA) is 75.7 Å². The van der Waals surface area contributed by atoms with E-state index in [1.807, 2.05) is 18.2 Å². The lowest BCUT2D eigenvalue weighted by atomic mass is 9.86. The van der Waals surface area contributed by atoms with Crippen LogP contribution in [0.15, 0.2) is 47.4 Å². The standard InChI is InChI=1S/C23H27FN2O4S/c1-30-19-7-10-21-17(15-19)3-2-4-22(21)25-23(27)16-11-13-26(14-12-16)31(28,29)20-8-5-18(24)6-9-20/h5-10,15-16,22H,2-4,11-14H2,1H3,(H,25,27)/t22-/m0/s1. The van der Waals surface area contributed by atoms with Gasteiger partial charge < -0.3 is 10.1 Å². The number of halogens is 1. The first-order chi connectivity index (χ1) is 14.9. The van der Waals surface area contributed by atoms with Crippen LogP contribution in [0.2, 0.25) is 0 Å². The minimum atomic E-state index is -3.68. The van der Waals surface area contributed by atoms with Gasteiger partial charge in [-0.3, -0.25) is 4.79 Å². The van der Waals surface area contributed by atoms with Crippen molar-refractivity contribution in [1.82, 2.24) is 9.62 Å². The van der Waals surface area contributed by atoms with Gasteiger partial charge in [-0.1, -0.05) is 6.07 Å². The second-order valence-electron chi connectivity index (χ2n) is 8.15. The smallest absolute Gasteiger partial charge is 0.243 e. The molecule has 0 aromatic heterocycles. The molecule has 1 amide bonds. The van der Waals surface area contributed by atoms with Crippen molar-refractivity contribution in [3.05, 3.63) is 59.4 Å². The Balaban J connectivity index is 1.38. The zero-order chi connectivity index (χ0) is 22.0.